The van der Waals surface area contributed by atoms with Crippen LogP contribution in [-0.2, 0) is 0 Å². The number of rotatable bonds is 2. The van der Waals surface area contributed by atoms with Gasteiger partial charge in [0.1, 0.15) is 5.75 Å². The van der Waals surface area contributed by atoms with Crippen LogP contribution >= 0.6 is 0 Å². The first-order chi connectivity index (χ1) is 10.1. The molecule has 21 heavy (non-hydrogen) atoms. The molecule has 3 rings (SSSR count). The minimum absolute atomic E-state index is 0.0260. The first-order valence-corrected chi connectivity index (χ1v) is 7.64. The van der Waals surface area contributed by atoms with Gasteiger partial charge in [0.05, 0.1) is 24.5 Å². The Bertz CT molecular complexity index is 534. The largest absolute Gasteiger partial charge is 0.494 e. The number of piperidine rings is 1. The molecule has 0 radical (unpaired) electrons. The van der Waals surface area contributed by atoms with Crippen molar-refractivity contribution >= 4 is 5.91 Å². The van der Waals surface area contributed by atoms with Crippen molar-refractivity contribution in [1.82, 2.24) is 9.88 Å². The molecule has 5 heteroatoms. The van der Waals surface area contributed by atoms with Gasteiger partial charge in [0, 0.05) is 25.2 Å². The first-order valence-electron chi connectivity index (χ1n) is 7.64. The highest BCUT2D eigenvalue weighted by molar-refractivity contribution is 5.96. The van der Waals surface area contributed by atoms with Gasteiger partial charge in [0.25, 0.3) is 5.91 Å². The second kappa shape index (κ2) is 5.64. The smallest absolute Gasteiger partial charge is 0.257 e. The molecule has 5 nitrogen and oxygen atoms in total. The van der Waals surface area contributed by atoms with E-state index >= 15 is 0 Å². The molecule has 0 bridgehead atoms. The fraction of sp³-hybridized carbons (Fsp3) is 0.625. The first kappa shape index (κ1) is 14.3. The van der Waals surface area contributed by atoms with Crippen molar-refractivity contribution in [3.8, 4) is 5.75 Å². The SMILES string of the molecule is COc1cnccc1C(=O)N1CCC2(O)CCCCC2C1. The van der Waals surface area contributed by atoms with Crippen molar-refractivity contribution in [1.29, 1.82) is 0 Å². The average Bonchev–Trinajstić information content (AvgIpc) is 2.53. The summed E-state index contributed by atoms with van der Waals surface area (Å²) in [6.45, 7) is 1.25. The topological polar surface area (TPSA) is 62.7 Å². The molecule has 1 saturated carbocycles. The summed E-state index contributed by atoms with van der Waals surface area (Å²) < 4.78 is 5.22. The Labute approximate surface area is 124 Å². The maximum atomic E-state index is 12.7. The van der Waals surface area contributed by atoms with Gasteiger partial charge < -0.3 is 14.7 Å². The van der Waals surface area contributed by atoms with E-state index in [1.54, 1.807) is 25.6 Å². The van der Waals surface area contributed by atoms with Gasteiger partial charge in [0.15, 0.2) is 0 Å². The molecule has 1 aliphatic carbocycles. The Morgan fingerprint density at radius 3 is 3.14 bits per heavy atom. The predicted octanol–water partition coefficient (Wildman–Crippen LogP) is 1.86. The second-order valence-electron chi connectivity index (χ2n) is 6.12. The van der Waals surface area contributed by atoms with E-state index in [4.69, 9.17) is 4.74 Å². The highest BCUT2D eigenvalue weighted by atomic mass is 16.5. The van der Waals surface area contributed by atoms with Crippen molar-refractivity contribution < 1.29 is 14.6 Å². The van der Waals surface area contributed by atoms with Crippen LogP contribution in [-0.4, -0.2) is 46.7 Å². The molecule has 114 valence electrons. The van der Waals surface area contributed by atoms with E-state index in [0.717, 1.165) is 25.7 Å². The zero-order valence-electron chi connectivity index (χ0n) is 12.4. The molecule has 1 saturated heterocycles. The molecule has 2 fully saturated rings. The molecule has 1 amide bonds. The lowest BCUT2D eigenvalue weighted by Gasteiger charge is -2.47. The average molecular weight is 290 g/mol. The van der Waals surface area contributed by atoms with Gasteiger partial charge in [-0.2, -0.15) is 0 Å². The molecular formula is C16H22N2O3. The zero-order chi connectivity index (χ0) is 14.9. The molecule has 1 aromatic heterocycles. The number of aliphatic hydroxyl groups is 1. The predicted molar refractivity (Wildman–Crippen MR) is 78.2 cm³/mol. The van der Waals surface area contributed by atoms with Crippen molar-refractivity contribution in [2.45, 2.75) is 37.7 Å². The third-order valence-corrected chi connectivity index (χ3v) is 4.95. The number of carbonyl (C=O) groups is 1. The third kappa shape index (κ3) is 2.62. The van der Waals surface area contributed by atoms with E-state index in [0.29, 0.717) is 30.8 Å². The highest BCUT2D eigenvalue weighted by Gasteiger charge is 2.44. The molecule has 2 heterocycles. The van der Waals surface area contributed by atoms with E-state index in [1.165, 1.54) is 0 Å². The Balaban J connectivity index is 1.77. The highest BCUT2D eigenvalue weighted by Crippen LogP contribution is 2.40. The van der Waals surface area contributed by atoms with Gasteiger partial charge in [0.2, 0.25) is 0 Å². The molecule has 2 aliphatic rings. The summed E-state index contributed by atoms with van der Waals surface area (Å²) in [5.41, 5.74) is -0.00841. The van der Waals surface area contributed by atoms with Gasteiger partial charge in [-0.25, -0.2) is 0 Å². The standard InChI is InChI=1S/C16H22N2O3/c1-21-14-10-17-8-5-13(14)15(19)18-9-7-16(20)6-3-2-4-12(16)11-18/h5,8,10,12,20H,2-4,6-7,9,11H2,1H3. The molecule has 1 aliphatic heterocycles. The number of fused-ring (bicyclic) bond motifs is 1. The Kier molecular flexibility index (Phi) is 3.85. The lowest BCUT2D eigenvalue weighted by Crippen LogP contribution is -2.54. The number of nitrogens with zero attached hydrogens (tertiary/aromatic N) is 2. The number of ether oxygens (including phenoxy) is 1. The number of amides is 1. The van der Waals surface area contributed by atoms with Crippen LogP contribution in [0.4, 0.5) is 0 Å². The van der Waals surface area contributed by atoms with Crippen LogP contribution in [0.3, 0.4) is 0 Å². The molecule has 2 unspecified atom stereocenters. The molecule has 0 aromatic carbocycles. The van der Waals surface area contributed by atoms with Gasteiger partial charge in [-0.15, -0.1) is 0 Å². The number of likely N-dealkylation sites (tertiary alicyclic amines) is 1. The van der Waals surface area contributed by atoms with E-state index in [2.05, 4.69) is 4.98 Å². The summed E-state index contributed by atoms with van der Waals surface area (Å²) in [7, 11) is 1.55. The third-order valence-electron chi connectivity index (χ3n) is 4.95. The van der Waals surface area contributed by atoms with Gasteiger partial charge in [-0.3, -0.25) is 9.78 Å². The zero-order valence-corrected chi connectivity index (χ0v) is 12.4. The molecular weight excluding hydrogens is 268 g/mol. The monoisotopic (exact) mass is 290 g/mol. The normalized spacial score (nSPS) is 28.9. The maximum Gasteiger partial charge on any atom is 0.257 e. The number of aromatic nitrogens is 1. The van der Waals surface area contributed by atoms with Crippen LogP contribution in [0.5, 0.6) is 5.75 Å². The molecule has 0 spiro atoms. The summed E-state index contributed by atoms with van der Waals surface area (Å²) in [5, 5.41) is 10.7. The van der Waals surface area contributed by atoms with Crippen molar-refractivity contribution in [2.24, 2.45) is 5.92 Å². The Morgan fingerprint density at radius 1 is 1.48 bits per heavy atom. The summed E-state index contributed by atoms with van der Waals surface area (Å²) in [5.74, 6) is 0.686. The molecule has 2 atom stereocenters. The number of carbonyl (C=O) groups excluding carboxylic acids is 1. The van der Waals surface area contributed by atoms with Crippen LogP contribution < -0.4 is 4.74 Å². The molecule has 1 aromatic rings. The van der Waals surface area contributed by atoms with Gasteiger partial charge in [-0.1, -0.05) is 12.8 Å². The van der Waals surface area contributed by atoms with Crippen LogP contribution in [0.2, 0.25) is 0 Å². The maximum absolute atomic E-state index is 12.7. The van der Waals surface area contributed by atoms with E-state index in [1.807, 2.05) is 4.90 Å². The van der Waals surface area contributed by atoms with Crippen LogP contribution in [0.15, 0.2) is 18.5 Å². The number of methoxy groups -OCH3 is 1. The van der Waals surface area contributed by atoms with Crippen LogP contribution in [0, 0.1) is 5.92 Å². The Hall–Kier alpha value is -1.62. The van der Waals surface area contributed by atoms with Crippen molar-refractivity contribution in [3.05, 3.63) is 24.0 Å². The lowest BCUT2D eigenvalue weighted by atomic mass is 9.71. The van der Waals surface area contributed by atoms with Crippen LogP contribution in [0.25, 0.3) is 0 Å². The van der Waals surface area contributed by atoms with Crippen LogP contribution in [0.1, 0.15) is 42.5 Å². The number of hydrogen-bond donors (Lipinski definition) is 1. The van der Waals surface area contributed by atoms with E-state index in [-0.39, 0.29) is 11.8 Å². The minimum Gasteiger partial charge on any atom is -0.494 e. The van der Waals surface area contributed by atoms with E-state index < -0.39 is 5.60 Å². The summed E-state index contributed by atoms with van der Waals surface area (Å²) in [4.78, 5) is 18.5. The van der Waals surface area contributed by atoms with Gasteiger partial charge in [-0.05, 0) is 25.3 Å². The number of pyridine rings is 1. The summed E-state index contributed by atoms with van der Waals surface area (Å²) in [6, 6.07) is 1.70. The summed E-state index contributed by atoms with van der Waals surface area (Å²) >= 11 is 0. The fourth-order valence-electron chi connectivity index (χ4n) is 3.64. The van der Waals surface area contributed by atoms with Crippen molar-refractivity contribution in [2.75, 3.05) is 20.2 Å². The Morgan fingerprint density at radius 2 is 2.33 bits per heavy atom. The second-order valence-corrected chi connectivity index (χ2v) is 6.12. The molecule has 1 N–H and O–H groups in total. The quantitative estimate of drug-likeness (QED) is 0.903. The van der Waals surface area contributed by atoms with Gasteiger partial charge >= 0.3 is 0 Å². The fourth-order valence-corrected chi connectivity index (χ4v) is 3.64. The number of hydrogen-bond acceptors (Lipinski definition) is 4. The summed E-state index contributed by atoms with van der Waals surface area (Å²) in [6.07, 6.45) is 7.97. The van der Waals surface area contributed by atoms with Crippen molar-refractivity contribution in [3.63, 3.8) is 0 Å². The van der Waals surface area contributed by atoms with E-state index in [9.17, 15) is 9.90 Å². The minimum atomic E-state index is -0.558. The lowest BCUT2D eigenvalue weighted by molar-refractivity contribution is -0.0886.